The lowest BCUT2D eigenvalue weighted by Crippen LogP contribution is -2.28. The third-order valence-corrected chi connectivity index (χ3v) is 4.07. The fourth-order valence-electron chi connectivity index (χ4n) is 2.49. The van der Waals surface area contributed by atoms with Gasteiger partial charge in [-0.05, 0) is 35.7 Å². The quantitative estimate of drug-likeness (QED) is 0.640. The van der Waals surface area contributed by atoms with E-state index in [1.807, 2.05) is 49.4 Å². The summed E-state index contributed by atoms with van der Waals surface area (Å²) in [6.07, 6.45) is 2.57. The van der Waals surface area contributed by atoms with E-state index in [1.165, 1.54) is 0 Å². The molecule has 0 spiro atoms. The molecule has 0 aliphatic carbocycles. The van der Waals surface area contributed by atoms with Crippen molar-refractivity contribution in [3.8, 4) is 28.3 Å². The van der Waals surface area contributed by atoms with Crippen molar-refractivity contribution in [1.82, 2.24) is 9.97 Å². The summed E-state index contributed by atoms with van der Waals surface area (Å²) in [5.74, 6) is 1.32. The lowest BCUT2D eigenvalue weighted by molar-refractivity contribution is 0.477. The summed E-state index contributed by atoms with van der Waals surface area (Å²) in [5, 5.41) is 13.5. The highest BCUT2D eigenvalue weighted by Gasteiger charge is 2.10. The van der Waals surface area contributed by atoms with Crippen molar-refractivity contribution in [2.75, 3.05) is 11.9 Å². The van der Waals surface area contributed by atoms with Crippen LogP contribution in [0.1, 0.15) is 13.3 Å². The molecular formula is C20H22N4O. The molecule has 0 fully saturated rings. The molecule has 0 radical (unpaired) electrons. The van der Waals surface area contributed by atoms with Gasteiger partial charge in [0.05, 0.1) is 5.56 Å². The molecule has 1 aromatic heterocycles. The van der Waals surface area contributed by atoms with Crippen LogP contribution >= 0.6 is 0 Å². The van der Waals surface area contributed by atoms with Crippen LogP contribution < -0.4 is 11.1 Å². The van der Waals surface area contributed by atoms with Crippen LogP contribution in [0.5, 0.6) is 5.75 Å². The van der Waals surface area contributed by atoms with E-state index in [4.69, 9.17) is 5.73 Å². The molecule has 3 rings (SSSR count). The Morgan fingerprint density at radius 1 is 1.08 bits per heavy atom. The zero-order valence-electron chi connectivity index (χ0n) is 14.2. The Kier molecular flexibility index (Phi) is 5.26. The number of nitrogens with zero attached hydrogens (tertiary/aromatic N) is 2. The van der Waals surface area contributed by atoms with Crippen LogP contribution in [0.3, 0.4) is 0 Å². The molecule has 4 N–H and O–H groups in total. The summed E-state index contributed by atoms with van der Waals surface area (Å²) in [4.78, 5) is 8.82. The molecule has 0 bridgehead atoms. The standard InChI is InChI=1S/C20H22N4O/c1-2-16(21)13-23-19-10-11-22-20(24-19)17-12-15(8-9-18(17)25)14-6-4-3-5-7-14/h3-12,16,25H,2,13,21H2,1H3,(H,22,23,24). The Morgan fingerprint density at radius 3 is 2.64 bits per heavy atom. The Labute approximate surface area is 147 Å². The van der Waals surface area contributed by atoms with Gasteiger partial charge in [-0.15, -0.1) is 0 Å². The van der Waals surface area contributed by atoms with Gasteiger partial charge in [0.15, 0.2) is 5.82 Å². The summed E-state index contributed by atoms with van der Waals surface area (Å²) in [6, 6.07) is 17.3. The fraction of sp³-hybridized carbons (Fsp3) is 0.200. The van der Waals surface area contributed by atoms with Crippen LogP contribution in [0, 0.1) is 0 Å². The molecule has 0 saturated carbocycles. The number of hydrogen-bond acceptors (Lipinski definition) is 5. The van der Waals surface area contributed by atoms with Crippen molar-refractivity contribution in [2.24, 2.45) is 5.73 Å². The summed E-state index contributed by atoms with van der Waals surface area (Å²) in [5.41, 5.74) is 8.61. The first-order valence-electron chi connectivity index (χ1n) is 8.38. The second-order valence-electron chi connectivity index (χ2n) is 5.91. The van der Waals surface area contributed by atoms with Crippen molar-refractivity contribution in [2.45, 2.75) is 19.4 Å². The number of rotatable bonds is 6. The summed E-state index contributed by atoms with van der Waals surface area (Å²) in [7, 11) is 0. The van der Waals surface area contributed by atoms with Crippen LogP contribution in [0.2, 0.25) is 0 Å². The molecule has 1 heterocycles. The molecule has 0 aliphatic heterocycles. The lowest BCUT2D eigenvalue weighted by atomic mass is 10.0. The molecule has 0 saturated heterocycles. The van der Waals surface area contributed by atoms with Crippen LogP contribution in [0.15, 0.2) is 60.8 Å². The monoisotopic (exact) mass is 334 g/mol. The van der Waals surface area contributed by atoms with Crippen molar-refractivity contribution in [3.05, 3.63) is 60.8 Å². The van der Waals surface area contributed by atoms with Gasteiger partial charge in [-0.3, -0.25) is 0 Å². The number of benzene rings is 2. The van der Waals surface area contributed by atoms with Gasteiger partial charge in [0.2, 0.25) is 0 Å². The smallest absolute Gasteiger partial charge is 0.165 e. The second-order valence-corrected chi connectivity index (χ2v) is 5.91. The van der Waals surface area contributed by atoms with Gasteiger partial charge in [0.25, 0.3) is 0 Å². The highest BCUT2D eigenvalue weighted by molar-refractivity contribution is 5.74. The van der Waals surface area contributed by atoms with Crippen LogP contribution in [-0.4, -0.2) is 27.7 Å². The van der Waals surface area contributed by atoms with Gasteiger partial charge >= 0.3 is 0 Å². The number of nitrogens with two attached hydrogens (primary N) is 1. The summed E-state index contributed by atoms with van der Waals surface area (Å²) >= 11 is 0. The number of aromatic nitrogens is 2. The molecule has 0 amide bonds. The molecule has 25 heavy (non-hydrogen) atoms. The molecule has 5 nitrogen and oxygen atoms in total. The van der Waals surface area contributed by atoms with Crippen molar-refractivity contribution < 1.29 is 5.11 Å². The number of phenolic OH excluding ortho intramolecular Hbond substituents is 1. The Hall–Kier alpha value is -2.92. The van der Waals surface area contributed by atoms with E-state index in [0.717, 1.165) is 17.5 Å². The van der Waals surface area contributed by atoms with E-state index in [-0.39, 0.29) is 11.8 Å². The first-order chi connectivity index (χ1) is 12.2. The fourth-order valence-corrected chi connectivity index (χ4v) is 2.49. The number of phenols is 1. The third-order valence-electron chi connectivity index (χ3n) is 4.07. The maximum Gasteiger partial charge on any atom is 0.165 e. The van der Waals surface area contributed by atoms with Gasteiger partial charge in [0, 0.05) is 18.8 Å². The van der Waals surface area contributed by atoms with Gasteiger partial charge in [0.1, 0.15) is 11.6 Å². The summed E-state index contributed by atoms with van der Waals surface area (Å²) in [6.45, 7) is 2.69. The molecule has 0 aliphatic rings. The van der Waals surface area contributed by atoms with Crippen molar-refractivity contribution >= 4 is 5.82 Å². The number of aromatic hydroxyl groups is 1. The molecule has 1 atom stereocenters. The van der Waals surface area contributed by atoms with Gasteiger partial charge < -0.3 is 16.2 Å². The minimum atomic E-state index is 0.0771. The van der Waals surface area contributed by atoms with E-state index in [2.05, 4.69) is 15.3 Å². The predicted molar refractivity (Wildman–Crippen MR) is 101 cm³/mol. The third kappa shape index (κ3) is 4.14. The molecular weight excluding hydrogens is 312 g/mol. The van der Waals surface area contributed by atoms with Crippen LogP contribution in [0.4, 0.5) is 5.82 Å². The van der Waals surface area contributed by atoms with E-state index in [1.54, 1.807) is 18.3 Å². The topological polar surface area (TPSA) is 84.1 Å². The minimum Gasteiger partial charge on any atom is -0.507 e. The SMILES string of the molecule is CCC(N)CNc1ccnc(-c2cc(-c3ccccc3)ccc2O)n1. The molecule has 1 unspecified atom stereocenters. The Bertz CT molecular complexity index is 836. The van der Waals surface area contributed by atoms with Crippen molar-refractivity contribution in [1.29, 1.82) is 0 Å². The summed E-state index contributed by atoms with van der Waals surface area (Å²) < 4.78 is 0. The number of anilines is 1. The zero-order chi connectivity index (χ0) is 17.6. The maximum absolute atomic E-state index is 10.3. The normalized spacial score (nSPS) is 11.9. The molecule has 3 aromatic rings. The van der Waals surface area contributed by atoms with Gasteiger partial charge in [-0.1, -0.05) is 43.3 Å². The average molecular weight is 334 g/mol. The van der Waals surface area contributed by atoms with E-state index < -0.39 is 0 Å². The highest BCUT2D eigenvalue weighted by atomic mass is 16.3. The van der Waals surface area contributed by atoms with Crippen LogP contribution in [0.25, 0.3) is 22.5 Å². The predicted octanol–water partition coefficient (Wildman–Crippen LogP) is 3.67. The van der Waals surface area contributed by atoms with E-state index in [0.29, 0.717) is 23.8 Å². The largest absolute Gasteiger partial charge is 0.507 e. The maximum atomic E-state index is 10.3. The van der Waals surface area contributed by atoms with E-state index >= 15 is 0 Å². The zero-order valence-corrected chi connectivity index (χ0v) is 14.2. The lowest BCUT2D eigenvalue weighted by Gasteiger charge is -2.12. The average Bonchev–Trinajstić information content (AvgIpc) is 2.67. The van der Waals surface area contributed by atoms with Crippen LogP contribution in [-0.2, 0) is 0 Å². The van der Waals surface area contributed by atoms with E-state index in [9.17, 15) is 5.11 Å². The number of hydrogen-bond donors (Lipinski definition) is 3. The molecule has 128 valence electrons. The van der Waals surface area contributed by atoms with Gasteiger partial charge in [-0.25, -0.2) is 9.97 Å². The Morgan fingerprint density at radius 2 is 1.88 bits per heavy atom. The van der Waals surface area contributed by atoms with Crippen molar-refractivity contribution in [3.63, 3.8) is 0 Å². The molecule has 2 aromatic carbocycles. The highest BCUT2D eigenvalue weighted by Crippen LogP contribution is 2.32. The molecule has 5 heteroatoms. The number of nitrogens with one attached hydrogen (secondary N) is 1. The second kappa shape index (κ2) is 7.77. The minimum absolute atomic E-state index is 0.0771. The first kappa shape index (κ1) is 16.9. The van der Waals surface area contributed by atoms with Gasteiger partial charge in [-0.2, -0.15) is 0 Å². The Balaban J connectivity index is 1.91. The first-order valence-corrected chi connectivity index (χ1v) is 8.38.